The van der Waals surface area contributed by atoms with Gasteiger partial charge in [-0.05, 0) is 30.2 Å². The largest absolute Gasteiger partial charge is 0.493 e. The summed E-state index contributed by atoms with van der Waals surface area (Å²) in [6.45, 7) is 2.33. The van der Waals surface area contributed by atoms with Gasteiger partial charge in [0.15, 0.2) is 0 Å². The molecule has 2 aromatic carbocycles. The quantitative estimate of drug-likeness (QED) is 0.789. The van der Waals surface area contributed by atoms with Crippen molar-refractivity contribution in [1.82, 2.24) is 0 Å². The SMILES string of the molecule is CC#C[C@H](CC(=O)O)c1ccc(OCCc2ccccc2)cc1. The Morgan fingerprint density at radius 3 is 2.43 bits per heavy atom. The third-order valence-electron chi connectivity index (χ3n) is 3.48. The van der Waals surface area contributed by atoms with Crippen LogP contribution >= 0.6 is 0 Å². The normalized spacial score (nSPS) is 11.2. The zero-order chi connectivity index (χ0) is 16.5. The van der Waals surface area contributed by atoms with Crippen LogP contribution in [0.5, 0.6) is 5.75 Å². The highest BCUT2D eigenvalue weighted by atomic mass is 16.5. The van der Waals surface area contributed by atoms with Gasteiger partial charge in [-0.3, -0.25) is 4.79 Å². The van der Waals surface area contributed by atoms with Crippen LogP contribution in [0.2, 0.25) is 0 Å². The number of aliphatic carboxylic acids is 1. The van der Waals surface area contributed by atoms with E-state index in [1.54, 1.807) is 6.92 Å². The molecule has 0 aliphatic carbocycles. The van der Waals surface area contributed by atoms with Gasteiger partial charge in [0.1, 0.15) is 5.75 Å². The van der Waals surface area contributed by atoms with Crippen molar-refractivity contribution in [2.75, 3.05) is 6.61 Å². The minimum atomic E-state index is -0.846. The molecule has 3 heteroatoms. The third-order valence-corrected chi connectivity index (χ3v) is 3.48. The van der Waals surface area contributed by atoms with Gasteiger partial charge in [-0.2, -0.15) is 0 Å². The predicted molar refractivity (Wildman–Crippen MR) is 90.5 cm³/mol. The first-order valence-corrected chi connectivity index (χ1v) is 7.60. The summed E-state index contributed by atoms with van der Waals surface area (Å²) in [5.41, 5.74) is 2.14. The fourth-order valence-electron chi connectivity index (χ4n) is 2.33. The highest BCUT2D eigenvalue weighted by molar-refractivity contribution is 5.69. The zero-order valence-electron chi connectivity index (χ0n) is 13.2. The maximum atomic E-state index is 10.9. The molecule has 0 saturated carbocycles. The van der Waals surface area contributed by atoms with Gasteiger partial charge in [0, 0.05) is 6.42 Å². The molecule has 2 aromatic rings. The van der Waals surface area contributed by atoms with E-state index in [1.807, 2.05) is 42.5 Å². The smallest absolute Gasteiger partial charge is 0.304 e. The number of hydrogen-bond donors (Lipinski definition) is 1. The maximum Gasteiger partial charge on any atom is 0.304 e. The van der Waals surface area contributed by atoms with Crippen molar-refractivity contribution in [3.8, 4) is 17.6 Å². The van der Waals surface area contributed by atoms with Crippen LogP contribution in [-0.4, -0.2) is 17.7 Å². The number of carbonyl (C=O) groups is 1. The summed E-state index contributed by atoms with van der Waals surface area (Å²) >= 11 is 0. The Morgan fingerprint density at radius 1 is 1.13 bits per heavy atom. The van der Waals surface area contributed by atoms with E-state index in [2.05, 4.69) is 24.0 Å². The van der Waals surface area contributed by atoms with E-state index < -0.39 is 5.97 Å². The third kappa shape index (κ3) is 5.52. The molecule has 0 aliphatic heterocycles. The Kier molecular flexibility index (Phi) is 6.26. The molecule has 1 atom stereocenters. The lowest BCUT2D eigenvalue weighted by atomic mass is 9.96. The summed E-state index contributed by atoms with van der Waals surface area (Å²) in [6.07, 6.45) is 0.862. The number of carboxylic acid groups (broad SMARTS) is 1. The average molecular weight is 308 g/mol. The lowest BCUT2D eigenvalue weighted by Gasteiger charge is -2.11. The van der Waals surface area contributed by atoms with Crippen LogP contribution in [0.15, 0.2) is 54.6 Å². The highest BCUT2D eigenvalue weighted by Gasteiger charge is 2.13. The van der Waals surface area contributed by atoms with E-state index in [1.165, 1.54) is 5.56 Å². The van der Waals surface area contributed by atoms with Crippen LogP contribution in [0.1, 0.15) is 30.4 Å². The molecule has 0 aromatic heterocycles. The Morgan fingerprint density at radius 2 is 1.83 bits per heavy atom. The first-order chi connectivity index (χ1) is 11.2. The van der Waals surface area contributed by atoms with E-state index in [0.717, 1.165) is 17.7 Å². The molecule has 3 nitrogen and oxygen atoms in total. The van der Waals surface area contributed by atoms with Crippen LogP contribution < -0.4 is 4.74 Å². The van der Waals surface area contributed by atoms with E-state index in [-0.39, 0.29) is 12.3 Å². The van der Waals surface area contributed by atoms with Crippen molar-refractivity contribution in [1.29, 1.82) is 0 Å². The topological polar surface area (TPSA) is 46.5 Å². The fraction of sp³-hybridized carbons (Fsp3) is 0.250. The molecule has 0 radical (unpaired) electrons. The van der Waals surface area contributed by atoms with Crippen LogP contribution in [0.25, 0.3) is 0 Å². The van der Waals surface area contributed by atoms with Crippen molar-refractivity contribution in [2.24, 2.45) is 0 Å². The lowest BCUT2D eigenvalue weighted by Crippen LogP contribution is -2.05. The molecule has 0 amide bonds. The first-order valence-electron chi connectivity index (χ1n) is 7.60. The Balaban J connectivity index is 1.92. The van der Waals surface area contributed by atoms with Gasteiger partial charge >= 0.3 is 5.97 Å². The summed E-state index contributed by atoms with van der Waals surface area (Å²) in [4.78, 5) is 10.9. The van der Waals surface area contributed by atoms with E-state index in [9.17, 15) is 4.79 Å². The van der Waals surface area contributed by atoms with E-state index in [0.29, 0.717) is 6.61 Å². The summed E-state index contributed by atoms with van der Waals surface area (Å²) in [5.74, 6) is 5.39. The van der Waals surface area contributed by atoms with Crippen molar-refractivity contribution in [3.63, 3.8) is 0 Å². The Bertz CT molecular complexity index is 678. The molecule has 0 heterocycles. The van der Waals surface area contributed by atoms with Crippen LogP contribution in [0.3, 0.4) is 0 Å². The van der Waals surface area contributed by atoms with Crippen LogP contribution in [0, 0.1) is 11.8 Å². The Hall–Kier alpha value is -2.73. The zero-order valence-corrected chi connectivity index (χ0v) is 13.2. The maximum absolute atomic E-state index is 10.9. The second kappa shape index (κ2) is 8.65. The van der Waals surface area contributed by atoms with Crippen LogP contribution in [0.4, 0.5) is 0 Å². The van der Waals surface area contributed by atoms with Gasteiger partial charge in [0.05, 0.1) is 18.9 Å². The summed E-state index contributed by atoms with van der Waals surface area (Å²) in [5, 5.41) is 8.96. The molecular weight excluding hydrogens is 288 g/mol. The van der Waals surface area contributed by atoms with Gasteiger partial charge in [-0.15, -0.1) is 5.92 Å². The van der Waals surface area contributed by atoms with Crippen molar-refractivity contribution >= 4 is 5.97 Å². The second-order valence-electron chi connectivity index (χ2n) is 5.20. The van der Waals surface area contributed by atoms with E-state index >= 15 is 0 Å². The number of carboxylic acids is 1. The average Bonchev–Trinajstić information content (AvgIpc) is 2.56. The monoisotopic (exact) mass is 308 g/mol. The van der Waals surface area contributed by atoms with E-state index in [4.69, 9.17) is 9.84 Å². The molecule has 0 fully saturated rings. The van der Waals surface area contributed by atoms with Crippen LogP contribution in [-0.2, 0) is 11.2 Å². The standard InChI is InChI=1S/C20H20O3/c1-2-6-18(15-20(21)22)17-9-11-19(12-10-17)23-14-13-16-7-4-3-5-8-16/h3-5,7-12,18H,13-15H2,1H3,(H,21,22)/t18-/m1/s1. The predicted octanol–water partition coefficient (Wildman–Crippen LogP) is 3.89. The number of hydrogen-bond acceptors (Lipinski definition) is 2. The molecule has 1 N–H and O–H groups in total. The molecule has 0 spiro atoms. The lowest BCUT2D eigenvalue weighted by molar-refractivity contribution is -0.137. The molecule has 0 saturated heterocycles. The molecular formula is C20H20O3. The molecule has 2 rings (SSSR count). The highest BCUT2D eigenvalue weighted by Crippen LogP contribution is 2.22. The number of benzene rings is 2. The summed E-state index contributed by atoms with van der Waals surface area (Å²) in [6, 6.07) is 17.7. The summed E-state index contributed by atoms with van der Waals surface area (Å²) < 4.78 is 5.73. The van der Waals surface area contributed by atoms with Crippen molar-refractivity contribution in [3.05, 3.63) is 65.7 Å². The van der Waals surface area contributed by atoms with Gasteiger partial charge in [-0.1, -0.05) is 48.4 Å². The Labute approximate surface area is 136 Å². The van der Waals surface area contributed by atoms with Gasteiger partial charge in [0.25, 0.3) is 0 Å². The first kappa shape index (κ1) is 16.6. The molecule has 0 unspecified atom stereocenters. The van der Waals surface area contributed by atoms with Gasteiger partial charge in [0.2, 0.25) is 0 Å². The molecule has 0 bridgehead atoms. The second-order valence-corrected chi connectivity index (χ2v) is 5.20. The molecule has 23 heavy (non-hydrogen) atoms. The van der Waals surface area contributed by atoms with Gasteiger partial charge < -0.3 is 9.84 Å². The minimum absolute atomic E-state index is 0.00898. The molecule has 0 aliphatic rings. The number of rotatable bonds is 7. The van der Waals surface area contributed by atoms with Crippen molar-refractivity contribution < 1.29 is 14.6 Å². The summed E-state index contributed by atoms with van der Waals surface area (Å²) in [7, 11) is 0. The van der Waals surface area contributed by atoms with Crippen molar-refractivity contribution in [2.45, 2.75) is 25.7 Å². The fourth-order valence-corrected chi connectivity index (χ4v) is 2.33. The molecule has 118 valence electrons. The van der Waals surface area contributed by atoms with Gasteiger partial charge in [-0.25, -0.2) is 0 Å². The number of ether oxygens (including phenoxy) is 1. The minimum Gasteiger partial charge on any atom is -0.493 e.